The Bertz CT molecular complexity index is 3140. The summed E-state index contributed by atoms with van der Waals surface area (Å²) in [6, 6.07) is 32.5. The summed E-state index contributed by atoms with van der Waals surface area (Å²) in [5.41, 5.74) is 7.31. The molecule has 318 valence electrons. The number of anilines is 1. The fraction of sp³-hybridized carbons (Fsp3) is 0.260. The lowest BCUT2D eigenvalue weighted by molar-refractivity contribution is -0.399. The summed E-state index contributed by atoms with van der Waals surface area (Å²) in [7, 11) is -0.498. The predicted octanol–water partition coefficient (Wildman–Crippen LogP) is 8.30. The first-order valence-electron chi connectivity index (χ1n) is 20.2. The fourth-order valence-electron chi connectivity index (χ4n) is 8.50. The zero-order chi connectivity index (χ0) is 45.7. The quantitative estimate of drug-likeness (QED) is 0.0445. The second-order valence-electron chi connectivity index (χ2n) is 15.9. The van der Waals surface area contributed by atoms with E-state index in [4.69, 9.17) is 22.6 Å². The molecule has 5 aromatic rings. The van der Waals surface area contributed by atoms with Gasteiger partial charge in [0.1, 0.15) is 25.2 Å². The third-order valence-electron chi connectivity index (χ3n) is 11.4. The number of ether oxygens (including phenoxy) is 2. The van der Waals surface area contributed by atoms with Crippen molar-refractivity contribution in [2.24, 2.45) is 0 Å². The molecule has 2 heterocycles. The lowest BCUT2D eigenvalue weighted by atomic mass is 9.80. The average Bonchev–Trinajstić information content (AvgIpc) is 3.59. The van der Waals surface area contributed by atoms with Crippen molar-refractivity contribution in [3.05, 3.63) is 153 Å². The molecule has 0 amide bonds. The first kappa shape index (κ1) is 45.3. The minimum absolute atomic E-state index is 0.0274. The first-order valence-corrected chi connectivity index (χ1v) is 21.5. The van der Waals surface area contributed by atoms with E-state index in [0.717, 1.165) is 0 Å². The van der Waals surface area contributed by atoms with Gasteiger partial charge in [-0.3, -0.25) is 4.18 Å². The number of allylic oxidation sites excluding steroid dienone is 4. The normalized spacial score (nSPS) is 16.3. The lowest BCUT2D eigenvalue weighted by Crippen LogP contribution is -2.26. The van der Waals surface area contributed by atoms with Gasteiger partial charge in [-0.15, -0.1) is 0 Å². The van der Waals surface area contributed by atoms with Crippen molar-refractivity contribution in [2.45, 2.75) is 51.9 Å². The molecule has 0 saturated carbocycles. The molecule has 0 N–H and O–H groups in total. The van der Waals surface area contributed by atoms with E-state index in [0.29, 0.717) is 6.42 Å². The summed E-state index contributed by atoms with van der Waals surface area (Å²) in [6.07, 6.45) is 7.51. The van der Waals surface area contributed by atoms with Gasteiger partial charge in [-0.25, -0.2) is 28.6 Å². The summed E-state index contributed by atoms with van der Waals surface area (Å²) in [6.45, 7) is 24.7. The van der Waals surface area contributed by atoms with E-state index in [1.54, 1.807) is 12.1 Å². The van der Waals surface area contributed by atoms with Gasteiger partial charge in [0.2, 0.25) is 16.1 Å². The number of rotatable bonds is 10. The Labute approximate surface area is 368 Å². The summed E-state index contributed by atoms with van der Waals surface area (Å²) >= 11 is 0. The Hall–Kier alpha value is -7.26. The topological polar surface area (TPSA) is 147 Å². The Morgan fingerprint density at radius 3 is 1.95 bits per heavy atom. The van der Waals surface area contributed by atoms with Crippen LogP contribution in [-0.4, -0.2) is 57.2 Å². The number of nitrogens with zero attached hydrogens (tertiary/aromatic N) is 6. The SMILES string of the molecule is CN1/C(=C\C=C\C2=[N+](C)c3c(ccc4ccccc34)C2(C)C)C(C)(C)c2c1ccc1ccccc21.[C-]#[N+]/C(C#N)=c1/cc(OCCOS(=O)(=O)[O-])/c(=C(\C#N)[N+]#[C-])cc1OCCC. The van der Waals surface area contributed by atoms with Crippen LogP contribution < -0.4 is 24.8 Å². The number of nitriles is 2. The zero-order valence-electron chi connectivity index (χ0n) is 36.2. The molecular weight excluding hydrogens is 813 g/mol. The summed E-state index contributed by atoms with van der Waals surface area (Å²) in [5, 5.41) is 23.7. The lowest BCUT2D eigenvalue weighted by Gasteiger charge is -2.24. The molecule has 0 aromatic heterocycles. The van der Waals surface area contributed by atoms with Crippen molar-refractivity contribution in [1.82, 2.24) is 0 Å². The number of benzene rings is 5. The van der Waals surface area contributed by atoms with Gasteiger partial charge in [0.25, 0.3) is 11.4 Å². The molecule has 5 aromatic carbocycles. The highest BCUT2D eigenvalue weighted by atomic mass is 32.3. The molecule has 0 radical (unpaired) electrons. The molecule has 0 bridgehead atoms. The fourth-order valence-corrected chi connectivity index (χ4v) is 8.77. The molecule has 0 atom stereocenters. The zero-order valence-corrected chi connectivity index (χ0v) is 37.0. The Balaban J connectivity index is 0.000000216. The van der Waals surface area contributed by atoms with Crippen LogP contribution >= 0.6 is 0 Å². The van der Waals surface area contributed by atoms with E-state index in [9.17, 15) is 23.5 Å². The molecule has 2 aliphatic heterocycles. The monoisotopic (exact) mass is 858 g/mol. The van der Waals surface area contributed by atoms with E-state index in [1.165, 1.54) is 67.6 Å². The van der Waals surface area contributed by atoms with Gasteiger partial charge in [-0.05, 0) is 72.3 Å². The summed E-state index contributed by atoms with van der Waals surface area (Å²) in [4.78, 5) is 8.59. The maximum absolute atomic E-state index is 10.5. The van der Waals surface area contributed by atoms with E-state index in [-0.39, 0.29) is 50.8 Å². The van der Waals surface area contributed by atoms with Gasteiger partial charge in [0.15, 0.2) is 5.71 Å². The molecule has 0 unspecified atom stereocenters. The van der Waals surface area contributed by atoms with E-state index in [1.807, 2.05) is 6.92 Å². The molecule has 0 spiro atoms. The highest BCUT2D eigenvalue weighted by molar-refractivity contribution is 7.80. The van der Waals surface area contributed by atoms with Gasteiger partial charge in [-0.1, -0.05) is 87.5 Å². The molecule has 0 saturated heterocycles. The van der Waals surface area contributed by atoms with Gasteiger partial charge in [-0.2, -0.15) is 4.58 Å². The van der Waals surface area contributed by atoms with Gasteiger partial charge in [0, 0.05) is 45.9 Å². The maximum atomic E-state index is 10.5. The minimum atomic E-state index is -4.90. The van der Waals surface area contributed by atoms with Gasteiger partial charge in [0.05, 0.1) is 49.3 Å². The van der Waals surface area contributed by atoms with Crippen molar-refractivity contribution >= 4 is 60.4 Å². The molecule has 13 heteroatoms. The van der Waals surface area contributed by atoms with Crippen LogP contribution in [0.2, 0.25) is 0 Å². The van der Waals surface area contributed by atoms with Crippen LogP contribution in [0.5, 0.6) is 11.5 Å². The van der Waals surface area contributed by atoms with Crippen LogP contribution in [0.1, 0.15) is 52.2 Å². The van der Waals surface area contributed by atoms with Crippen molar-refractivity contribution < 1.29 is 31.2 Å². The van der Waals surface area contributed by atoms with Crippen molar-refractivity contribution in [2.75, 3.05) is 38.8 Å². The number of likely N-dealkylation sites (N-methyl/N-ethyl adjacent to an activating group) is 1. The standard InChI is InChI=1S/C33H33N2.C17H14N4O6S/c1-32(2)26-20-18-23-13-8-10-15-25(23)31(26)35(6)28(32)16-11-17-29-33(3,4)30-24-14-9-7-12-22(24)19-21-27(30)34(29)5;1-4-5-25-16-8-13(15(11-19)21-3)17(9-12(16)14(10-18)20-2)26-6-7-27-28(22,23)24/h7-21H,1-6H3;8-9H,4-7H2,1H3,(H,22,23,24)/q+1;/p-1/b;14-12-,15-13+. The molecule has 7 rings (SSSR count). The van der Waals surface area contributed by atoms with Crippen LogP contribution in [0.15, 0.2) is 109 Å². The molecular formula is C50H46N6O6S. The van der Waals surface area contributed by atoms with Crippen LogP contribution in [-0.2, 0) is 25.4 Å². The molecule has 63 heavy (non-hydrogen) atoms. The largest absolute Gasteiger partial charge is 0.726 e. The number of hydrogen-bond acceptors (Lipinski definition) is 9. The van der Waals surface area contributed by atoms with Gasteiger partial charge < -0.3 is 18.9 Å². The number of hydrogen-bond donors (Lipinski definition) is 0. The Morgan fingerprint density at radius 2 is 1.38 bits per heavy atom. The molecule has 2 aliphatic rings. The second-order valence-corrected chi connectivity index (χ2v) is 17.0. The van der Waals surface area contributed by atoms with Crippen LogP contribution in [0, 0.1) is 35.8 Å². The Morgan fingerprint density at radius 1 is 0.825 bits per heavy atom. The average molecular weight is 859 g/mol. The van der Waals surface area contributed by atoms with Crippen molar-refractivity contribution in [3.63, 3.8) is 0 Å². The van der Waals surface area contributed by atoms with Crippen molar-refractivity contribution in [3.8, 4) is 23.6 Å². The molecule has 0 fully saturated rings. The van der Waals surface area contributed by atoms with Crippen LogP contribution in [0.4, 0.5) is 11.4 Å². The second kappa shape index (κ2) is 18.4. The van der Waals surface area contributed by atoms with Crippen LogP contribution in [0.25, 0.3) is 42.6 Å². The van der Waals surface area contributed by atoms with E-state index >= 15 is 0 Å². The van der Waals surface area contributed by atoms with E-state index < -0.39 is 23.6 Å². The molecule has 12 nitrogen and oxygen atoms in total. The van der Waals surface area contributed by atoms with E-state index in [2.05, 4.69) is 156 Å². The molecule has 0 aliphatic carbocycles. The summed E-state index contributed by atoms with van der Waals surface area (Å²) < 4.78 is 48.7. The summed E-state index contributed by atoms with van der Waals surface area (Å²) in [5.74, 6) is 0.0428. The first-order chi connectivity index (χ1) is 30.0. The smallest absolute Gasteiger partial charge is 0.272 e. The van der Waals surface area contributed by atoms with Gasteiger partial charge >= 0.3 is 0 Å². The third kappa shape index (κ3) is 8.91. The minimum Gasteiger partial charge on any atom is -0.726 e. The third-order valence-corrected chi connectivity index (χ3v) is 11.8. The predicted molar refractivity (Wildman–Crippen MR) is 244 cm³/mol. The highest BCUT2D eigenvalue weighted by Gasteiger charge is 2.44. The van der Waals surface area contributed by atoms with Crippen LogP contribution in [0.3, 0.4) is 0 Å². The Kier molecular flexibility index (Phi) is 13.2. The highest BCUT2D eigenvalue weighted by Crippen LogP contribution is 2.50. The number of fused-ring (bicyclic) bond motifs is 6. The van der Waals surface area contributed by atoms with Crippen molar-refractivity contribution in [1.29, 1.82) is 10.5 Å². The maximum Gasteiger partial charge on any atom is 0.272 e.